The molecule has 54 valence electrons. The number of ether oxygens (including phenoxy) is 1. The predicted molar refractivity (Wildman–Crippen MR) is 33.4 cm³/mol. The Morgan fingerprint density at radius 3 is 2.89 bits per heavy atom. The van der Waals surface area contributed by atoms with Gasteiger partial charge in [-0.1, -0.05) is 0 Å². The van der Waals surface area contributed by atoms with Crippen molar-refractivity contribution < 1.29 is 9.53 Å². The van der Waals surface area contributed by atoms with Gasteiger partial charge in [0.05, 0.1) is 6.61 Å². The van der Waals surface area contributed by atoms with E-state index in [0.717, 1.165) is 6.42 Å². The van der Waals surface area contributed by atoms with E-state index in [2.05, 4.69) is 10.2 Å². The number of hydrogen-bond donors (Lipinski definition) is 2. The molecule has 0 aliphatic carbocycles. The highest BCUT2D eigenvalue weighted by Gasteiger charge is 1.89. The second kappa shape index (κ2) is 5.53. The lowest BCUT2D eigenvalue weighted by atomic mass is 10.5. The van der Waals surface area contributed by atoms with E-state index in [-0.39, 0.29) is 5.97 Å². The summed E-state index contributed by atoms with van der Waals surface area (Å²) in [7, 11) is 0. The molecule has 9 heavy (non-hydrogen) atoms. The monoisotopic (exact) mass is 132 g/mol. The van der Waals surface area contributed by atoms with Gasteiger partial charge in [-0.3, -0.25) is 16.1 Å². The normalized spacial score (nSPS) is 9.11. The molecule has 0 aliphatic heterocycles. The molecule has 0 saturated carbocycles. The summed E-state index contributed by atoms with van der Waals surface area (Å²) in [4.78, 5) is 10.1. The first kappa shape index (κ1) is 8.39. The molecule has 3 N–H and O–H groups in total. The second-order valence-corrected chi connectivity index (χ2v) is 1.65. The van der Waals surface area contributed by atoms with Crippen molar-refractivity contribution in [2.24, 2.45) is 5.84 Å². The van der Waals surface area contributed by atoms with Crippen LogP contribution in [0.2, 0.25) is 0 Å². The Hall–Kier alpha value is -0.610. The number of carbonyl (C=O) groups excluding carboxylic acids is 1. The average Bonchev–Trinajstić information content (AvgIpc) is 1.80. The van der Waals surface area contributed by atoms with Crippen molar-refractivity contribution in [3.05, 3.63) is 0 Å². The third-order valence-electron chi connectivity index (χ3n) is 0.771. The van der Waals surface area contributed by atoms with Gasteiger partial charge in [0.15, 0.2) is 0 Å². The van der Waals surface area contributed by atoms with Crippen molar-refractivity contribution in [1.82, 2.24) is 5.43 Å². The van der Waals surface area contributed by atoms with Crippen molar-refractivity contribution in [3.63, 3.8) is 0 Å². The van der Waals surface area contributed by atoms with Gasteiger partial charge in [-0.15, -0.1) is 0 Å². The second-order valence-electron chi connectivity index (χ2n) is 1.65. The van der Waals surface area contributed by atoms with E-state index in [0.29, 0.717) is 13.2 Å². The average molecular weight is 132 g/mol. The topological polar surface area (TPSA) is 64.3 Å². The summed E-state index contributed by atoms with van der Waals surface area (Å²) in [6.07, 6.45) is 0.760. The summed E-state index contributed by atoms with van der Waals surface area (Å²) >= 11 is 0. The maximum atomic E-state index is 10.1. The van der Waals surface area contributed by atoms with Crippen LogP contribution in [0.4, 0.5) is 0 Å². The van der Waals surface area contributed by atoms with E-state index in [1.807, 2.05) is 0 Å². The van der Waals surface area contributed by atoms with E-state index >= 15 is 0 Å². The van der Waals surface area contributed by atoms with Crippen molar-refractivity contribution in [2.75, 3.05) is 13.2 Å². The summed E-state index contributed by atoms with van der Waals surface area (Å²) in [5.41, 5.74) is 2.45. The predicted octanol–water partition coefficient (Wildman–Crippen LogP) is -0.597. The molecule has 0 rings (SSSR count). The molecule has 0 aromatic heterocycles. The molecule has 0 atom stereocenters. The first-order chi connectivity index (χ1) is 4.27. The molecule has 0 aromatic rings. The lowest BCUT2D eigenvalue weighted by Gasteiger charge is -1.99. The smallest absolute Gasteiger partial charge is 0.302 e. The number of hydrogen-bond acceptors (Lipinski definition) is 4. The Morgan fingerprint density at radius 1 is 1.78 bits per heavy atom. The number of nitrogens with two attached hydrogens (primary N) is 1. The van der Waals surface area contributed by atoms with Crippen LogP contribution in [0.5, 0.6) is 0 Å². The SMILES string of the molecule is CC(=O)OCCCNN. The van der Waals surface area contributed by atoms with Crippen LogP contribution in [-0.4, -0.2) is 19.1 Å². The maximum absolute atomic E-state index is 10.1. The van der Waals surface area contributed by atoms with Crippen LogP contribution in [0.1, 0.15) is 13.3 Å². The lowest BCUT2D eigenvalue weighted by molar-refractivity contribution is -0.141. The zero-order valence-corrected chi connectivity index (χ0v) is 5.52. The van der Waals surface area contributed by atoms with Crippen molar-refractivity contribution in [2.45, 2.75) is 13.3 Å². The minimum atomic E-state index is -0.243. The van der Waals surface area contributed by atoms with Crippen LogP contribution >= 0.6 is 0 Å². The number of hydrazine groups is 1. The number of nitrogens with one attached hydrogen (secondary N) is 1. The van der Waals surface area contributed by atoms with E-state index in [1.165, 1.54) is 6.92 Å². The molecule has 0 aliphatic rings. The molecular formula is C5H12N2O2. The fourth-order valence-corrected chi connectivity index (χ4v) is 0.390. The van der Waals surface area contributed by atoms with E-state index in [1.54, 1.807) is 0 Å². The van der Waals surface area contributed by atoms with Crippen molar-refractivity contribution in [1.29, 1.82) is 0 Å². The number of rotatable bonds is 4. The standard InChI is InChI=1S/C5H12N2O2/c1-5(8)9-4-2-3-7-6/h7H,2-4,6H2,1H3. The van der Waals surface area contributed by atoms with Gasteiger partial charge in [0, 0.05) is 13.5 Å². The van der Waals surface area contributed by atoms with Crippen molar-refractivity contribution >= 4 is 5.97 Å². The van der Waals surface area contributed by atoms with Gasteiger partial charge in [0.25, 0.3) is 0 Å². The van der Waals surface area contributed by atoms with Crippen LogP contribution in [0.3, 0.4) is 0 Å². The first-order valence-electron chi connectivity index (χ1n) is 2.84. The van der Waals surface area contributed by atoms with Crippen LogP contribution in [0.15, 0.2) is 0 Å². The van der Waals surface area contributed by atoms with Gasteiger partial charge in [-0.25, -0.2) is 0 Å². The summed E-state index contributed by atoms with van der Waals surface area (Å²) in [5.74, 6) is 4.71. The zero-order valence-electron chi connectivity index (χ0n) is 5.52. The fraction of sp³-hybridized carbons (Fsp3) is 0.800. The quantitative estimate of drug-likeness (QED) is 0.232. The molecule has 0 radical (unpaired) electrons. The number of esters is 1. The largest absolute Gasteiger partial charge is 0.466 e. The summed E-state index contributed by atoms with van der Waals surface area (Å²) in [6.45, 7) is 2.50. The zero-order chi connectivity index (χ0) is 7.11. The minimum Gasteiger partial charge on any atom is -0.466 e. The Morgan fingerprint density at radius 2 is 2.44 bits per heavy atom. The van der Waals surface area contributed by atoms with Crippen molar-refractivity contribution in [3.8, 4) is 0 Å². The molecule has 4 heteroatoms. The van der Waals surface area contributed by atoms with Gasteiger partial charge in [0.1, 0.15) is 0 Å². The maximum Gasteiger partial charge on any atom is 0.302 e. The van der Waals surface area contributed by atoms with Crippen LogP contribution in [-0.2, 0) is 9.53 Å². The molecule has 0 spiro atoms. The third kappa shape index (κ3) is 7.39. The van der Waals surface area contributed by atoms with E-state index in [9.17, 15) is 4.79 Å². The third-order valence-corrected chi connectivity index (χ3v) is 0.771. The van der Waals surface area contributed by atoms with E-state index < -0.39 is 0 Å². The highest BCUT2D eigenvalue weighted by molar-refractivity contribution is 5.65. The van der Waals surface area contributed by atoms with Gasteiger partial charge >= 0.3 is 5.97 Å². The fourth-order valence-electron chi connectivity index (χ4n) is 0.390. The van der Waals surface area contributed by atoms with Crippen LogP contribution in [0.25, 0.3) is 0 Å². The Balaban J connectivity index is 2.83. The highest BCUT2D eigenvalue weighted by atomic mass is 16.5. The molecule has 0 bridgehead atoms. The van der Waals surface area contributed by atoms with E-state index in [4.69, 9.17) is 5.84 Å². The molecular weight excluding hydrogens is 120 g/mol. The first-order valence-corrected chi connectivity index (χ1v) is 2.84. The molecule has 0 saturated heterocycles. The molecule has 4 nitrogen and oxygen atoms in total. The lowest BCUT2D eigenvalue weighted by Crippen LogP contribution is -2.24. The Labute approximate surface area is 54.3 Å². The highest BCUT2D eigenvalue weighted by Crippen LogP contribution is 1.79. The minimum absolute atomic E-state index is 0.243. The van der Waals surface area contributed by atoms with Gasteiger partial charge in [-0.05, 0) is 6.42 Å². The summed E-state index contributed by atoms with van der Waals surface area (Å²) < 4.78 is 4.61. The molecule has 0 unspecified atom stereocenters. The molecule has 0 heterocycles. The van der Waals surface area contributed by atoms with Crippen LogP contribution in [0, 0.1) is 0 Å². The Bertz CT molecular complexity index is 85.0. The number of carbonyl (C=O) groups is 1. The molecule has 0 fully saturated rings. The van der Waals surface area contributed by atoms with Gasteiger partial charge < -0.3 is 4.74 Å². The molecule has 0 amide bonds. The molecule has 0 aromatic carbocycles. The van der Waals surface area contributed by atoms with Gasteiger partial charge in [-0.2, -0.15) is 0 Å². The van der Waals surface area contributed by atoms with Gasteiger partial charge in [0.2, 0.25) is 0 Å². The van der Waals surface area contributed by atoms with Crippen LogP contribution < -0.4 is 11.3 Å². The summed E-state index contributed by atoms with van der Waals surface area (Å²) in [6, 6.07) is 0. The Kier molecular flexibility index (Phi) is 5.15. The summed E-state index contributed by atoms with van der Waals surface area (Å²) in [5, 5.41) is 0.